The van der Waals surface area contributed by atoms with Gasteiger partial charge in [0.2, 0.25) is 0 Å². The molecule has 190 valence electrons. The van der Waals surface area contributed by atoms with Crippen LogP contribution in [0.1, 0.15) is 44.9 Å². The van der Waals surface area contributed by atoms with Crippen LogP contribution < -0.4 is 10.9 Å². The number of fused-ring (bicyclic) bond motifs is 1. The second-order valence-electron chi connectivity index (χ2n) is 9.35. The Morgan fingerprint density at radius 1 is 1.20 bits per heavy atom. The van der Waals surface area contributed by atoms with Gasteiger partial charge >= 0.3 is 5.97 Å². The van der Waals surface area contributed by atoms with Crippen LogP contribution in [0.4, 0.5) is 0 Å². The van der Waals surface area contributed by atoms with Crippen LogP contribution in [0.15, 0.2) is 35.3 Å². The zero-order chi connectivity index (χ0) is 25.9. The number of hydrogen-bond acceptors (Lipinski definition) is 7. The van der Waals surface area contributed by atoms with E-state index in [1.807, 2.05) is 24.3 Å². The van der Waals surface area contributed by atoms with E-state index in [4.69, 9.17) is 14.5 Å². The Kier molecular flexibility index (Phi) is 8.47. The summed E-state index contributed by atoms with van der Waals surface area (Å²) < 4.78 is 14.4. The van der Waals surface area contributed by atoms with Gasteiger partial charge in [-0.25, -0.2) is 4.98 Å². The second kappa shape index (κ2) is 11.2. The first kappa shape index (κ1) is 26.6. The maximum Gasteiger partial charge on any atom is 0.326 e. The molecule has 9 nitrogen and oxygen atoms in total. The number of rotatable bonds is 10. The van der Waals surface area contributed by atoms with Crippen LogP contribution in [-0.4, -0.2) is 57.2 Å². The highest BCUT2D eigenvalue weighted by Crippen LogP contribution is 2.29. The number of ether oxygens (including phenoxy) is 2. The van der Waals surface area contributed by atoms with Crippen molar-refractivity contribution in [2.75, 3.05) is 13.7 Å². The SMILES string of the molecule is COCC(C)n1c(-c2cc(C)c(=O)n(C)c2)nc2ccc(CN[C@H](C(=O)OC(C)C)[C@@H](C)O)cc21. The molecule has 0 aliphatic rings. The van der Waals surface area contributed by atoms with Gasteiger partial charge in [0.25, 0.3) is 5.56 Å². The van der Waals surface area contributed by atoms with Gasteiger partial charge in [-0.15, -0.1) is 0 Å². The maximum absolute atomic E-state index is 12.4. The Balaban J connectivity index is 2.02. The molecule has 9 heteroatoms. The van der Waals surface area contributed by atoms with Gasteiger partial charge in [0.1, 0.15) is 11.9 Å². The Labute approximate surface area is 205 Å². The number of pyridine rings is 1. The summed E-state index contributed by atoms with van der Waals surface area (Å²) in [4.78, 5) is 29.5. The predicted molar refractivity (Wildman–Crippen MR) is 135 cm³/mol. The van der Waals surface area contributed by atoms with E-state index in [-0.39, 0.29) is 17.7 Å². The van der Waals surface area contributed by atoms with Crippen LogP contribution in [0.5, 0.6) is 0 Å². The molecule has 3 aromatic rings. The number of imidazole rings is 1. The fourth-order valence-electron chi connectivity index (χ4n) is 4.20. The van der Waals surface area contributed by atoms with Crippen molar-refractivity contribution in [2.45, 2.75) is 65.5 Å². The molecule has 2 aromatic heterocycles. The fourth-order valence-corrected chi connectivity index (χ4v) is 4.20. The van der Waals surface area contributed by atoms with Crippen molar-refractivity contribution in [3.8, 4) is 11.4 Å². The van der Waals surface area contributed by atoms with Crippen molar-refractivity contribution in [1.29, 1.82) is 0 Å². The van der Waals surface area contributed by atoms with Gasteiger partial charge in [0.05, 0.1) is 35.9 Å². The minimum absolute atomic E-state index is 0.0213. The van der Waals surface area contributed by atoms with Gasteiger partial charge in [-0.05, 0) is 58.4 Å². The van der Waals surface area contributed by atoms with Gasteiger partial charge in [-0.3, -0.25) is 14.9 Å². The lowest BCUT2D eigenvalue weighted by Gasteiger charge is -2.21. The van der Waals surface area contributed by atoms with Crippen LogP contribution in [0, 0.1) is 6.92 Å². The van der Waals surface area contributed by atoms with Crippen LogP contribution in [0.2, 0.25) is 0 Å². The third kappa shape index (κ3) is 5.98. The van der Waals surface area contributed by atoms with E-state index < -0.39 is 18.1 Å². The van der Waals surface area contributed by atoms with Gasteiger partial charge in [0, 0.05) is 38.0 Å². The number of nitrogens with one attached hydrogen (secondary N) is 1. The molecular weight excluding hydrogens is 448 g/mol. The predicted octanol–water partition coefficient (Wildman–Crippen LogP) is 2.71. The molecule has 3 atom stereocenters. The molecule has 2 N–H and O–H groups in total. The summed E-state index contributed by atoms with van der Waals surface area (Å²) >= 11 is 0. The lowest BCUT2D eigenvalue weighted by molar-refractivity contribution is -0.152. The van der Waals surface area contributed by atoms with Crippen molar-refractivity contribution < 1.29 is 19.4 Å². The highest BCUT2D eigenvalue weighted by Gasteiger charge is 2.26. The average molecular weight is 485 g/mol. The smallest absolute Gasteiger partial charge is 0.326 e. The summed E-state index contributed by atoms with van der Waals surface area (Å²) in [5, 5.41) is 13.2. The molecule has 2 heterocycles. The van der Waals surface area contributed by atoms with E-state index in [0.717, 1.165) is 28.0 Å². The number of hydrogen-bond donors (Lipinski definition) is 2. The lowest BCUT2D eigenvalue weighted by Crippen LogP contribution is -2.46. The lowest BCUT2D eigenvalue weighted by atomic mass is 10.1. The maximum atomic E-state index is 12.4. The number of aliphatic hydroxyl groups is 1. The third-order valence-corrected chi connectivity index (χ3v) is 5.84. The Hall–Kier alpha value is -3.01. The van der Waals surface area contributed by atoms with Crippen molar-refractivity contribution >= 4 is 17.0 Å². The average Bonchev–Trinajstić information content (AvgIpc) is 3.15. The molecule has 0 saturated heterocycles. The van der Waals surface area contributed by atoms with E-state index in [1.54, 1.807) is 52.6 Å². The summed E-state index contributed by atoms with van der Waals surface area (Å²) in [6, 6.07) is 6.89. The van der Waals surface area contributed by atoms with Crippen molar-refractivity contribution in [3.63, 3.8) is 0 Å². The molecule has 35 heavy (non-hydrogen) atoms. The first-order valence-electron chi connectivity index (χ1n) is 11.8. The van der Waals surface area contributed by atoms with Gasteiger partial charge in [-0.1, -0.05) is 6.07 Å². The first-order chi connectivity index (χ1) is 16.5. The number of nitrogens with zero attached hydrogens (tertiary/aromatic N) is 3. The number of carbonyl (C=O) groups is 1. The van der Waals surface area contributed by atoms with Gasteiger partial charge in [-0.2, -0.15) is 0 Å². The molecule has 0 amide bonds. The number of aryl methyl sites for hydroxylation is 2. The monoisotopic (exact) mass is 484 g/mol. The molecular formula is C26H36N4O5. The van der Waals surface area contributed by atoms with Crippen molar-refractivity contribution in [1.82, 2.24) is 19.4 Å². The third-order valence-electron chi connectivity index (χ3n) is 5.84. The van der Waals surface area contributed by atoms with Crippen LogP contribution in [-0.2, 0) is 27.9 Å². The number of esters is 1. The molecule has 0 bridgehead atoms. The van der Waals surface area contributed by atoms with E-state index in [1.165, 1.54) is 0 Å². The summed E-state index contributed by atoms with van der Waals surface area (Å²) in [5.74, 6) is 0.262. The zero-order valence-corrected chi connectivity index (χ0v) is 21.5. The number of carbonyl (C=O) groups excluding carboxylic acids is 1. The summed E-state index contributed by atoms with van der Waals surface area (Å²) in [5.41, 5.74) is 4.09. The van der Waals surface area contributed by atoms with E-state index >= 15 is 0 Å². The Morgan fingerprint density at radius 3 is 2.51 bits per heavy atom. The van der Waals surface area contributed by atoms with Crippen LogP contribution in [0.3, 0.4) is 0 Å². The van der Waals surface area contributed by atoms with E-state index in [0.29, 0.717) is 18.7 Å². The number of benzene rings is 1. The van der Waals surface area contributed by atoms with Crippen LogP contribution >= 0.6 is 0 Å². The van der Waals surface area contributed by atoms with E-state index in [9.17, 15) is 14.7 Å². The zero-order valence-electron chi connectivity index (χ0n) is 21.5. The Bertz CT molecular complexity index is 1220. The molecule has 0 radical (unpaired) electrons. The minimum atomic E-state index is -0.906. The highest BCUT2D eigenvalue weighted by atomic mass is 16.5. The second-order valence-corrected chi connectivity index (χ2v) is 9.35. The molecule has 0 saturated carbocycles. The first-order valence-corrected chi connectivity index (χ1v) is 11.8. The van der Waals surface area contributed by atoms with E-state index in [2.05, 4.69) is 16.8 Å². The summed E-state index contributed by atoms with van der Waals surface area (Å²) in [6.45, 7) is 9.80. The van der Waals surface area contributed by atoms with Gasteiger partial charge < -0.3 is 23.7 Å². The quantitative estimate of drug-likeness (QED) is 0.426. The summed E-state index contributed by atoms with van der Waals surface area (Å²) in [7, 11) is 3.39. The number of aliphatic hydroxyl groups excluding tert-OH is 1. The standard InChI is InChI=1S/C26H36N4O5/c1-15(2)35-26(33)23(18(5)31)27-12-19-8-9-21-22(11-19)30(17(4)14-34-7)24(28-21)20-10-16(3)25(32)29(6)13-20/h8-11,13,15,17-18,23,27,31H,12,14H2,1-7H3/t17?,18-,23+/m1/s1. The van der Waals surface area contributed by atoms with Crippen LogP contribution in [0.25, 0.3) is 22.4 Å². The number of methoxy groups -OCH3 is 1. The fraction of sp³-hybridized carbons (Fsp3) is 0.500. The highest BCUT2D eigenvalue weighted by molar-refractivity contribution is 5.82. The molecule has 0 fully saturated rings. The van der Waals surface area contributed by atoms with Gasteiger partial charge in [0.15, 0.2) is 0 Å². The molecule has 0 aliphatic carbocycles. The van der Waals surface area contributed by atoms with Crippen molar-refractivity contribution in [2.24, 2.45) is 7.05 Å². The molecule has 3 rings (SSSR count). The topological polar surface area (TPSA) is 108 Å². The number of aromatic nitrogens is 3. The summed E-state index contributed by atoms with van der Waals surface area (Å²) in [6.07, 6.45) is 0.623. The normalized spacial score (nSPS) is 14.3. The molecule has 1 aromatic carbocycles. The minimum Gasteiger partial charge on any atom is -0.462 e. The largest absolute Gasteiger partial charge is 0.462 e. The Morgan fingerprint density at radius 2 is 1.91 bits per heavy atom. The molecule has 1 unspecified atom stereocenters. The molecule has 0 aliphatic heterocycles. The van der Waals surface area contributed by atoms with Crippen molar-refractivity contribution in [3.05, 3.63) is 51.9 Å². The molecule has 0 spiro atoms.